The van der Waals surface area contributed by atoms with Crippen molar-refractivity contribution in [2.24, 2.45) is 0 Å². The Hall–Kier alpha value is -7.14. The Morgan fingerprint density at radius 3 is 1.98 bits per heavy atom. The first-order valence-corrected chi connectivity index (χ1v) is 19.8. The summed E-state index contributed by atoms with van der Waals surface area (Å²) < 4.78 is 11.5. The van der Waals surface area contributed by atoms with E-state index in [0.29, 0.717) is 0 Å². The molecule has 3 aromatic heterocycles. The average Bonchev–Trinajstić information content (AvgIpc) is 3.94. The largest absolute Gasteiger partial charge is 0.455 e. The first kappa shape index (κ1) is 31.2. The van der Waals surface area contributed by atoms with Crippen LogP contribution in [0.2, 0.25) is 0 Å². The van der Waals surface area contributed by atoms with E-state index in [0.717, 1.165) is 61.2 Å². The van der Waals surface area contributed by atoms with Crippen LogP contribution in [0.4, 0.5) is 17.1 Å². The smallest absolute Gasteiger partial charge is 0.143 e. The predicted octanol–water partition coefficient (Wildman–Crippen LogP) is 15.3. The summed E-state index contributed by atoms with van der Waals surface area (Å²) in [5, 5.41) is 9.61. The lowest BCUT2D eigenvalue weighted by Crippen LogP contribution is -2.12. The molecule has 12 aromatic rings. The molecular formula is C52H32N2OS. The van der Waals surface area contributed by atoms with Gasteiger partial charge in [-0.05, 0) is 77.7 Å². The fourth-order valence-corrected chi connectivity index (χ4v) is 10.1. The van der Waals surface area contributed by atoms with Gasteiger partial charge in [0.1, 0.15) is 11.2 Å². The summed E-state index contributed by atoms with van der Waals surface area (Å²) in [6.45, 7) is 0. The molecule has 0 atom stereocenters. The second-order valence-electron chi connectivity index (χ2n) is 14.5. The van der Waals surface area contributed by atoms with Crippen LogP contribution < -0.4 is 4.90 Å². The molecule has 0 spiro atoms. The van der Waals surface area contributed by atoms with Gasteiger partial charge in [-0.25, -0.2) is 0 Å². The van der Waals surface area contributed by atoms with Gasteiger partial charge < -0.3 is 13.9 Å². The van der Waals surface area contributed by atoms with Crippen molar-refractivity contribution in [1.29, 1.82) is 0 Å². The quantitative estimate of drug-likeness (QED) is 0.176. The summed E-state index contributed by atoms with van der Waals surface area (Å²) in [7, 11) is 0. The third kappa shape index (κ3) is 4.63. The number of hydrogen-bond donors (Lipinski definition) is 0. The maximum atomic E-state index is 6.55. The first-order chi connectivity index (χ1) is 27.8. The number of furan rings is 1. The number of nitrogens with zero attached hydrogens (tertiary/aromatic N) is 2. The highest BCUT2D eigenvalue weighted by Crippen LogP contribution is 2.48. The molecule has 4 heteroatoms. The van der Waals surface area contributed by atoms with Crippen LogP contribution in [0.25, 0.3) is 91.5 Å². The van der Waals surface area contributed by atoms with E-state index in [1.165, 1.54) is 47.4 Å². The van der Waals surface area contributed by atoms with E-state index in [9.17, 15) is 0 Å². The van der Waals surface area contributed by atoms with Crippen molar-refractivity contribution >= 4 is 103 Å². The van der Waals surface area contributed by atoms with Crippen LogP contribution in [0.1, 0.15) is 0 Å². The van der Waals surface area contributed by atoms with Crippen LogP contribution in [0, 0.1) is 0 Å². The van der Waals surface area contributed by atoms with Crippen molar-refractivity contribution in [3.05, 3.63) is 194 Å². The van der Waals surface area contributed by atoms with E-state index in [1.54, 1.807) is 0 Å². The van der Waals surface area contributed by atoms with Crippen LogP contribution in [0.5, 0.6) is 0 Å². The number of anilines is 3. The Bertz CT molecular complexity index is 3460. The summed E-state index contributed by atoms with van der Waals surface area (Å²) in [6, 6.07) is 70.3. The molecule has 262 valence electrons. The normalized spacial score (nSPS) is 11.9. The summed E-state index contributed by atoms with van der Waals surface area (Å²) in [5.41, 5.74) is 10.9. The lowest BCUT2D eigenvalue weighted by molar-refractivity contribution is 0.672. The predicted molar refractivity (Wildman–Crippen MR) is 239 cm³/mol. The maximum Gasteiger partial charge on any atom is 0.143 e. The molecule has 3 nitrogen and oxygen atoms in total. The highest BCUT2D eigenvalue weighted by atomic mass is 32.1. The van der Waals surface area contributed by atoms with Crippen molar-refractivity contribution in [2.75, 3.05) is 4.90 Å². The molecule has 0 radical (unpaired) electrons. The molecule has 0 N–H and O–H groups in total. The SMILES string of the molecule is c1cc(N(c2ccccc2-c2ccc3oc4c5ccccc5ccc4c3c2)c2cccc3c2sc2ccccc23)cc(-n2c3ccccc3c3ccccc32)c1. The number of fused-ring (bicyclic) bond motifs is 11. The van der Waals surface area contributed by atoms with Gasteiger partial charge in [-0.1, -0.05) is 127 Å². The van der Waals surface area contributed by atoms with Gasteiger partial charge in [-0.3, -0.25) is 0 Å². The molecule has 0 bridgehead atoms. The van der Waals surface area contributed by atoms with E-state index in [4.69, 9.17) is 4.42 Å². The van der Waals surface area contributed by atoms with Crippen molar-refractivity contribution in [2.45, 2.75) is 0 Å². The lowest BCUT2D eigenvalue weighted by Gasteiger charge is -2.29. The number of thiophene rings is 1. The molecule has 0 fully saturated rings. The third-order valence-electron chi connectivity index (χ3n) is 11.4. The molecule has 0 unspecified atom stereocenters. The highest BCUT2D eigenvalue weighted by molar-refractivity contribution is 7.26. The summed E-state index contributed by atoms with van der Waals surface area (Å²) in [4.78, 5) is 2.47. The van der Waals surface area contributed by atoms with Crippen molar-refractivity contribution in [1.82, 2.24) is 4.57 Å². The minimum absolute atomic E-state index is 0.892. The van der Waals surface area contributed by atoms with Crippen LogP contribution in [-0.4, -0.2) is 4.57 Å². The van der Waals surface area contributed by atoms with Crippen LogP contribution >= 0.6 is 11.3 Å². The Morgan fingerprint density at radius 1 is 0.446 bits per heavy atom. The highest BCUT2D eigenvalue weighted by Gasteiger charge is 2.23. The van der Waals surface area contributed by atoms with Gasteiger partial charge in [0.05, 0.1) is 27.1 Å². The third-order valence-corrected chi connectivity index (χ3v) is 12.6. The molecular weight excluding hydrogens is 701 g/mol. The van der Waals surface area contributed by atoms with Gasteiger partial charge in [0, 0.05) is 59.3 Å². The number of benzene rings is 9. The number of aromatic nitrogens is 1. The van der Waals surface area contributed by atoms with Crippen LogP contribution in [0.3, 0.4) is 0 Å². The molecule has 0 saturated heterocycles. The average molecular weight is 733 g/mol. The molecule has 0 aliphatic heterocycles. The molecule has 0 aliphatic rings. The topological polar surface area (TPSA) is 21.3 Å². The molecule has 0 amide bonds. The Kier molecular flexibility index (Phi) is 6.80. The number of hydrogen-bond acceptors (Lipinski definition) is 3. The van der Waals surface area contributed by atoms with E-state index < -0.39 is 0 Å². The molecule has 3 heterocycles. The molecule has 56 heavy (non-hydrogen) atoms. The zero-order chi connectivity index (χ0) is 36.7. The Balaban J connectivity index is 1.11. The standard InChI is InChI=1S/C52H32N2OS/c1-2-17-38-33(13-1)27-29-42-44-31-34(28-30-49(44)55-51(38)42)37-16-3-7-22-45(37)54(48-25-12-21-43-41-20-6-10-26-50(41)56-52(43)48)36-15-11-14-35(32-36)53-46-23-8-4-18-39(46)40-19-5-9-24-47(40)53/h1-32H. The monoisotopic (exact) mass is 732 g/mol. The lowest BCUT2D eigenvalue weighted by atomic mass is 9.99. The second kappa shape index (κ2) is 12.2. The fraction of sp³-hybridized carbons (Fsp3) is 0. The minimum atomic E-state index is 0.892. The van der Waals surface area contributed by atoms with Gasteiger partial charge in [-0.2, -0.15) is 0 Å². The second-order valence-corrected chi connectivity index (χ2v) is 15.5. The van der Waals surface area contributed by atoms with E-state index in [1.807, 2.05) is 11.3 Å². The summed E-state index contributed by atoms with van der Waals surface area (Å²) >= 11 is 1.86. The van der Waals surface area contributed by atoms with Crippen molar-refractivity contribution in [3.63, 3.8) is 0 Å². The van der Waals surface area contributed by atoms with E-state index >= 15 is 0 Å². The fourth-order valence-electron chi connectivity index (χ4n) is 8.87. The number of rotatable bonds is 5. The van der Waals surface area contributed by atoms with E-state index in [2.05, 4.69) is 204 Å². The Morgan fingerprint density at radius 2 is 1.12 bits per heavy atom. The van der Waals surface area contributed by atoms with Gasteiger partial charge in [0.25, 0.3) is 0 Å². The Labute approximate surface area is 326 Å². The van der Waals surface area contributed by atoms with Crippen LogP contribution in [-0.2, 0) is 0 Å². The zero-order valence-corrected chi connectivity index (χ0v) is 31.0. The molecule has 9 aromatic carbocycles. The van der Waals surface area contributed by atoms with Gasteiger partial charge in [0.2, 0.25) is 0 Å². The minimum Gasteiger partial charge on any atom is -0.455 e. The summed E-state index contributed by atoms with van der Waals surface area (Å²) in [6.07, 6.45) is 0. The summed E-state index contributed by atoms with van der Waals surface area (Å²) in [5.74, 6) is 0. The number of para-hydroxylation sites is 3. The molecule has 0 aliphatic carbocycles. The first-order valence-electron chi connectivity index (χ1n) is 19.0. The maximum absolute atomic E-state index is 6.55. The van der Waals surface area contributed by atoms with Crippen LogP contribution in [0.15, 0.2) is 199 Å². The van der Waals surface area contributed by atoms with Gasteiger partial charge in [-0.15, -0.1) is 11.3 Å². The molecule has 0 saturated carbocycles. The van der Waals surface area contributed by atoms with Crippen molar-refractivity contribution in [3.8, 4) is 16.8 Å². The van der Waals surface area contributed by atoms with Gasteiger partial charge >= 0.3 is 0 Å². The van der Waals surface area contributed by atoms with Gasteiger partial charge in [0.15, 0.2) is 0 Å². The zero-order valence-electron chi connectivity index (χ0n) is 30.2. The van der Waals surface area contributed by atoms with E-state index in [-0.39, 0.29) is 0 Å². The molecule has 12 rings (SSSR count). The van der Waals surface area contributed by atoms with Crippen molar-refractivity contribution < 1.29 is 4.42 Å².